The van der Waals surface area contributed by atoms with E-state index >= 15 is 0 Å². The summed E-state index contributed by atoms with van der Waals surface area (Å²) in [6.45, 7) is 1.34. The first kappa shape index (κ1) is 14.4. The summed E-state index contributed by atoms with van der Waals surface area (Å²) in [6, 6.07) is 4.40. The molecule has 0 unspecified atom stereocenters. The van der Waals surface area contributed by atoms with Gasteiger partial charge in [-0.05, 0) is 30.2 Å². The molecule has 0 amide bonds. The molecular formula is C14H8F6. The third-order valence-corrected chi connectivity index (χ3v) is 2.86. The van der Waals surface area contributed by atoms with Gasteiger partial charge in [-0.1, -0.05) is 18.2 Å². The van der Waals surface area contributed by atoms with E-state index in [2.05, 4.69) is 0 Å². The summed E-state index contributed by atoms with van der Waals surface area (Å²) in [5.74, 6) is -3.86. The zero-order valence-electron chi connectivity index (χ0n) is 10.2. The summed E-state index contributed by atoms with van der Waals surface area (Å²) in [4.78, 5) is 0. The highest BCUT2D eigenvalue weighted by molar-refractivity contribution is 5.65. The third kappa shape index (κ3) is 2.50. The molecule has 0 aliphatic carbocycles. The van der Waals surface area contributed by atoms with Crippen LogP contribution in [0.5, 0.6) is 0 Å². The molecule has 0 N–H and O–H groups in total. The maximum atomic E-state index is 13.7. The van der Waals surface area contributed by atoms with Gasteiger partial charge in [-0.25, -0.2) is 13.2 Å². The van der Waals surface area contributed by atoms with Gasteiger partial charge >= 0.3 is 6.18 Å². The lowest BCUT2D eigenvalue weighted by molar-refractivity contribution is -0.139. The molecule has 0 aliphatic rings. The lowest BCUT2D eigenvalue weighted by Gasteiger charge is -2.10. The second-order valence-electron chi connectivity index (χ2n) is 4.25. The van der Waals surface area contributed by atoms with Gasteiger partial charge in [0, 0.05) is 5.56 Å². The first-order chi connectivity index (χ1) is 9.21. The zero-order chi connectivity index (χ0) is 15.1. The Morgan fingerprint density at radius 3 is 2.05 bits per heavy atom. The first-order valence-corrected chi connectivity index (χ1v) is 5.53. The van der Waals surface area contributed by atoms with Crippen molar-refractivity contribution in [3.63, 3.8) is 0 Å². The summed E-state index contributed by atoms with van der Waals surface area (Å²) in [5, 5.41) is 0. The molecule has 0 bridgehead atoms. The van der Waals surface area contributed by atoms with Crippen molar-refractivity contribution in [3.05, 3.63) is 58.9 Å². The van der Waals surface area contributed by atoms with Crippen LogP contribution >= 0.6 is 0 Å². The van der Waals surface area contributed by atoms with Gasteiger partial charge in [0.15, 0.2) is 11.6 Å². The van der Waals surface area contributed by atoms with Crippen molar-refractivity contribution in [2.45, 2.75) is 13.1 Å². The Balaban J connectivity index is 2.56. The van der Waals surface area contributed by atoms with E-state index in [9.17, 15) is 26.3 Å². The van der Waals surface area contributed by atoms with E-state index in [1.54, 1.807) is 0 Å². The fourth-order valence-corrected chi connectivity index (χ4v) is 1.78. The zero-order valence-corrected chi connectivity index (χ0v) is 10.2. The Hall–Kier alpha value is -1.98. The Morgan fingerprint density at radius 1 is 0.850 bits per heavy atom. The standard InChI is InChI=1S/C14H8F6/c1-7-2-4-9(13(17)12(7)16)8-3-5-10(11(15)6-8)14(18,19)20/h2-6H,1H3. The smallest absolute Gasteiger partial charge is 0.206 e. The maximum Gasteiger partial charge on any atom is 0.419 e. The molecule has 0 spiro atoms. The summed E-state index contributed by atoms with van der Waals surface area (Å²) in [5.41, 5.74) is -1.85. The van der Waals surface area contributed by atoms with Crippen LogP contribution in [0, 0.1) is 24.4 Å². The molecule has 106 valence electrons. The van der Waals surface area contributed by atoms with Crippen LogP contribution in [0.15, 0.2) is 30.3 Å². The molecule has 0 aromatic heterocycles. The first-order valence-electron chi connectivity index (χ1n) is 5.53. The quantitative estimate of drug-likeness (QED) is 0.641. The molecule has 0 saturated carbocycles. The Labute approximate surface area is 110 Å². The number of hydrogen-bond donors (Lipinski definition) is 0. The normalized spacial score (nSPS) is 11.8. The molecule has 0 aliphatic heterocycles. The van der Waals surface area contributed by atoms with Crippen molar-refractivity contribution in [1.82, 2.24) is 0 Å². The second-order valence-corrected chi connectivity index (χ2v) is 4.25. The molecule has 2 rings (SSSR count). The van der Waals surface area contributed by atoms with E-state index < -0.39 is 29.2 Å². The number of alkyl halides is 3. The van der Waals surface area contributed by atoms with Gasteiger partial charge in [0.1, 0.15) is 5.82 Å². The molecule has 6 heteroatoms. The maximum absolute atomic E-state index is 13.7. The van der Waals surface area contributed by atoms with Gasteiger partial charge in [-0.15, -0.1) is 0 Å². The van der Waals surface area contributed by atoms with Crippen molar-refractivity contribution in [1.29, 1.82) is 0 Å². The molecule has 0 fully saturated rings. The molecular weight excluding hydrogens is 282 g/mol. The predicted octanol–water partition coefficient (Wildman–Crippen LogP) is 5.10. The van der Waals surface area contributed by atoms with E-state index in [1.807, 2.05) is 0 Å². The van der Waals surface area contributed by atoms with Crippen LogP contribution in [0.2, 0.25) is 0 Å². The molecule has 0 atom stereocenters. The topological polar surface area (TPSA) is 0 Å². The van der Waals surface area contributed by atoms with E-state index in [1.165, 1.54) is 19.1 Å². The molecule has 0 radical (unpaired) electrons. The van der Waals surface area contributed by atoms with E-state index in [0.29, 0.717) is 12.1 Å². The molecule has 0 nitrogen and oxygen atoms in total. The monoisotopic (exact) mass is 290 g/mol. The van der Waals surface area contributed by atoms with E-state index in [0.717, 1.165) is 6.07 Å². The fraction of sp³-hybridized carbons (Fsp3) is 0.143. The summed E-state index contributed by atoms with van der Waals surface area (Å²) in [7, 11) is 0. The van der Waals surface area contributed by atoms with Crippen LogP contribution in [-0.4, -0.2) is 0 Å². The van der Waals surface area contributed by atoms with Gasteiger partial charge in [-0.2, -0.15) is 13.2 Å². The number of benzene rings is 2. The van der Waals surface area contributed by atoms with Crippen LogP contribution < -0.4 is 0 Å². The average Bonchev–Trinajstić information content (AvgIpc) is 2.34. The van der Waals surface area contributed by atoms with Crippen LogP contribution in [0.25, 0.3) is 11.1 Å². The second kappa shape index (κ2) is 4.85. The Morgan fingerprint density at radius 2 is 1.50 bits per heavy atom. The van der Waals surface area contributed by atoms with Crippen molar-refractivity contribution in [2.24, 2.45) is 0 Å². The third-order valence-electron chi connectivity index (χ3n) is 2.86. The summed E-state index contributed by atoms with van der Waals surface area (Å²) < 4.78 is 77.7. The minimum Gasteiger partial charge on any atom is -0.206 e. The minimum absolute atomic E-state index is 0.0543. The van der Waals surface area contributed by atoms with Crippen LogP contribution in [0.1, 0.15) is 11.1 Å². The summed E-state index contributed by atoms with van der Waals surface area (Å²) in [6.07, 6.45) is -4.83. The molecule has 2 aromatic rings. The van der Waals surface area contributed by atoms with E-state index in [-0.39, 0.29) is 16.7 Å². The number of aryl methyl sites for hydroxylation is 1. The fourth-order valence-electron chi connectivity index (χ4n) is 1.78. The van der Waals surface area contributed by atoms with Crippen molar-refractivity contribution in [2.75, 3.05) is 0 Å². The van der Waals surface area contributed by atoms with Gasteiger partial charge in [0.25, 0.3) is 0 Å². The predicted molar refractivity (Wildman–Crippen MR) is 61.5 cm³/mol. The number of rotatable bonds is 1. The van der Waals surface area contributed by atoms with E-state index in [4.69, 9.17) is 0 Å². The summed E-state index contributed by atoms with van der Waals surface area (Å²) >= 11 is 0. The number of hydrogen-bond acceptors (Lipinski definition) is 0. The number of halogens is 6. The highest BCUT2D eigenvalue weighted by Gasteiger charge is 2.34. The molecule has 0 saturated heterocycles. The highest BCUT2D eigenvalue weighted by atomic mass is 19.4. The lowest BCUT2D eigenvalue weighted by Crippen LogP contribution is -2.08. The van der Waals surface area contributed by atoms with Gasteiger partial charge < -0.3 is 0 Å². The molecule has 0 heterocycles. The van der Waals surface area contributed by atoms with Crippen LogP contribution in [0.3, 0.4) is 0 Å². The minimum atomic E-state index is -4.83. The highest BCUT2D eigenvalue weighted by Crippen LogP contribution is 2.34. The van der Waals surface area contributed by atoms with Crippen molar-refractivity contribution in [3.8, 4) is 11.1 Å². The molecule has 20 heavy (non-hydrogen) atoms. The van der Waals surface area contributed by atoms with Gasteiger partial charge in [0.2, 0.25) is 0 Å². The lowest BCUT2D eigenvalue weighted by atomic mass is 10.0. The Bertz CT molecular complexity index is 657. The largest absolute Gasteiger partial charge is 0.419 e. The van der Waals surface area contributed by atoms with Gasteiger partial charge in [-0.3, -0.25) is 0 Å². The van der Waals surface area contributed by atoms with Crippen molar-refractivity contribution < 1.29 is 26.3 Å². The van der Waals surface area contributed by atoms with Crippen molar-refractivity contribution >= 4 is 0 Å². The van der Waals surface area contributed by atoms with Gasteiger partial charge in [0.05, 0.1) is 5.56 Å². The van der Waals surface area contributed by atoms with Crippen LogP contribution in [-0.2, 0) is 6.18 Å². The SMILES string of the molecule is Cc1ccc(-c2ccc(C(F)(F)F)c(F)c2)c(F)c1F. The average molecular weight is 290 g/mol. The Kier molecular flexibility index (Phi) is 3.50. The molecule has 2 aromatic carbocycles. The van der Waals surface area contributed by atoms with Crippen LogP contribution in [0.4, 0.5) is 26.3 Å².